The van der Waals surface area contributed by atoms with Gasteiger partial charge in [-0.1, -0.05) is 30.3 Å². The number of hydrogen-bond donors (Lipinski definition) is 0. The van der Waals surface area contributed by atoms with E-state index in [0.29, 0.717) is 0 Å². The summed E-state index contributed by atoms with van der Waals surface area (Å²) in [5.41, 5.74) is 6.74. The number of imidazole rings is 1. The Hall–Kier alpha value is -3.92. The fourth-order valence-electron chi connectivity index (χ4n) is 4.43. The van der Waals surface area contributed by atoms with Crippen LogP contribution in [0, 0.1) is 0 Å². The molecule has 0 amide bonds. The number of nitrogens with zero attached hydrogens (tertiary/aromatic N) is 3. The Bertz CT molecular complexity index is 1720. The van der Waals surface area contributed by atoms with E-state index >= 15 is 0 Å². The Morgan fingerprint density at radius 2 is 1.57 bits per heavy atom. The molecule has 4 aromatic heterocycles. The zero-order valence-corrected chi connectivity index (χ0v) is 14.8. The van der Waals surface area contributed by atoms with E-state index in [1.807, 2.05) is 36.5 Å². The summed E-state index contributed by atoms with van der Waals surface area (Å²) in [6, 6.07) is 24.8. The molecular weight excluding hydrogens is 346 g/mol. The summed E-state index contributed by atoms with van der Waals surface area (Å²) in [6.07, 6.45) is 1.84. The molecular formula is C24H13N3O. The third kappa shape index (κ3) is 1.61. The standard InChI is InChI=1S/C24H13N3O/c1-4-10-20-14(6-1)15-11-12-19-21(23(15)28-20)22-16(7-5-13-25-22)24-26-17-8-2-3-9-18(17)27(19)24/h1-13H. The lowest BCUT2D eigenvalue weighted by molar-refractivity contribution is 0.673. The lowest BCUT2D eigenvalue weighted by Gasteiger charge is -2.08. The second kappa shape index (κ2) is 4.87. The number of furan rings is 1. The Labute approximate surface area is 158 Å². The van der Waals surface area contributed by atoms with Crippen LogP contribution in [-0.4, -0.2) is 14.4 Å². The van der Waals surface area contributed by atoms with Gasteiger partial charge < -0.3 is 4.42 Å². The summed E-state index contributed by atoms with van der Waals surface area (Å²) in [4.78, 5) is 9.65. The molecule has 3 aromatic carbocycles. The van der Waals surface area contributed by atoms with Crippen LogP contribution in [0.1, 0.15) is 0 Å². The molecule has 0 unspecified atom stereocenters. The van der Waals surface area contributed by atoms with Crippen molar-refractivity contribution in [3.05, 3.63) is 79.0 Å². The minimum absolute atomic E-state index is 0.877. The molecule has 0 aliphatic carbocycles. The van der Waals surface area contributed by atoms with Gasteiger partial charge in [-0.15, -0.1) is 0 Å². The second-order valence-corrected chi connectivity index (χ2v) is 7.09. The van der Waals surface area contributed by atoms with Gasteiger partial charge in [-0.05, 0) is 42.5 Å². The Morgan fingerprint density at radius 1 is 0.714 bits per heavy atom. The quantitative estimate of drug-likeness (QED) is 0.308. The summed E-state index contributed by atoms with van der Waals surface area (Å²) >= 11 is 0. The first kappa shape index (κ1) is 14.2. The van der Waals surface area contributed by atoms with Gasteiger partial charge in [-0.25, -0.2) is 4.98 Å². The van der Waals surface area contributed by atoms with E-state index in [-0.39, 0.29) is 0 Å². The molecule has 28 heavy (non-hydrogen) atoms. The van der Waals surface area contributed by atoms with Crippen LogP contribution in [0.4, 0.5) is 0 Å². The van der Waals surface area contributed by atoms with E-state index in [1.54, 1.807) is 0 Å². The van der Waals surface area contributed by atoms with E-state index in [1.165, 1.54) is 0 Å². The molecule has 4 heterocycles. The van der Waals surface area contributed by atoms with Gasteiger partial charge >= 0.3 is 0 Å². The minimum atomic E-state index is 0.877. The molecule has 130 valence electrons. The molecule has 7 aromatic rings. The topological polar surface area (TPSA) is 43.3 Å². The van der Waals surface area contributed by atoms with Gasteiger partial charge in [0.15, 0.2) is 0 Å². The Kier molecular flexibility index (Phi) is 2.46. The third-order valence-electron chi connectivity index (χ3n) is 5.61. The Balaban J connectivity index is 1.88. The van der Waals surface area contributed by atoms with Crippen LogP contribution in [-0.2, 0) is 0 Å². The lowest BCUT2D eigenvalue weighted by Crippen LogP contribution is -1.93. The first-order valence-corrected chi connectivity index (χ1v) is 9.28. The molecule has 0 fully saturated rings. The average molecular weight is 359 g/mol. The largest absolute Gasteiger partial charge is 0.455 e. The maximum absolute atomic E-state index is 6.34. The van der Waals surface area contributed by atoms with Crippen LogP contribution in [0.3, 0.4) is 0 Å². The van der Waals surface area contributed by atoms with E-state index in [0.717, 1.165) is 60.4 Å². The Morgan fingerprint density at radius 3 is 2.57 bits per heavy atom. The van der Waals surface area contributed by atoms with Crippen molar-refractivity contribution in [2.45, 2.75) is 0 Å². The molecule has 0 N–H and O–H groups in total. The number of pyridine rings is 2. The van der Waals surface area contributed by atoms with Crippen LogP contribution in [0.5, 0.6) is 0 Å². The highest BCUT2D eigenvalue weighted by atomic mass is 16.3. The van der Waals surface area contributed by atoms with Gasteiger partial charge in [0.05, 0.1) is 27.5 Å². The average Bonchev–Trinajstić information content (AvgIpc) is 3.32. The van der Waals surface area contributed by atoms with Crippen molar-refractivity contribution in [2.24, 2.45) is 0 Å². The molecule has 0 aliphatic rings. The van der Waals surface area contributed by atoms with E-state index in [2.05, 4.69) is 46.9 Å². The van der Waals surface area contributed by atoms with Crippen molar-refractivity contribution in [3.8, 4) is 0 Å². The molecule has 0 spiro atoms. The normalized spacial score (nSPS) is 12.3. The predicted molar refractivity (Wildman–Crippen MR) is 113 cm³/mol. The second-order valence-electron chi connectivity index (χ2n) is 7.09. The van der Waals surface area contributed by atoms with Crippen LogP contribution in [0.2, 0.25) is 0 Å². The highest BCUT2D eigenvalue weighted by molar-refractivity contribution is 6.23. The zero-order chi connectivity index (χ0) is 18.2. The predicted octanol–water partition coefficient (Wildman–Crippen LogP) is 6.09. The van der Waals surface area contributed by atoms with Crippen LogP contribution >= 0.6 is 0 Å². The van der Waals surface area contributed by atoms with Crippen LogP contribution in [0.15, 0.2) is 83.4 Å². The molecule has 0 saturated carbocycles. The molecule has 0 bridgehead atoms. The van der Waals surface area contributed by atoms with Crippen molar-refractivity contribution in [1.82, 2.24) is 14.4 Å². The maximum Gasteiger partial charge on any atom is 0.147 e. The van der Waals surface area contributed by atoms with Crippen LogP contribution < -0.4 is 0 Å². The fraction of sp³-hybridized carbons (Fsp3) is 0. The lowest BCUT2D eigenvalue weighted by atomic mass is 10.1. The van der Waals surface area contributed by atoms with E-state index in [4.69, 9.17) is 14.4 Å². The monoisotopic (exact) mass is 359 g/mol. The summed E-state index contributed by atoms with van der Waals surface area (Å²) in [5.74, 6) is 0. The van der Waals surface area contributed by atoms with Gasteiger partial charge in [0.25, 0.3) is 0 Å². The van der Waals surface area contributed by atoms with E-state index < -0.39 is 0 Å². The fourth-order valence-corrected chi connectivity index (χ4v) is 4.43. The molecule has 0 atom stereocenters. The van der Waals surface area contributed by atoms with Crippen molar-refractivity contribution < 1.29 is 4.42 Å². The number of hydrogen-bond acceptors (Lipinski definition) is 3. The molecule has 0 radical (unpaired) electrons. The van der Waals surface area contributed by atoms with Crippen LogP contribution in [0.25, 0.3) is 60.4 Å². The van der Waals surface area contributed by atoms with Gasteiger partial charge in [0.1, 0.15) is 16.8 Å². The molecule has 4 nitrogen and oxygen atoms in total. The highest BCUT2D eigenvalue weighted by Gasteiger charge is 2.18. The number of aromatic nitrogens is 3. The summed E-state index contributed by atoms with van der Waals surface area (Å²) in [6.45, 7) is 0. The van der Waals surface area contributed by atoms with Crippen molar-refractivity contribution in [2.75, 3.05) is 0 Å². The van der Waals surface area contributed by atoms with Gasteiger partial charge in [-0.2, -0.15) is 0 Å². The molecule has 4 heteroatoms. The highest BCUT2D eigenvalue weighted by Crippen LogP contribution is 2.38. The van der Waals surface area contributed by atoms with Crippen molar-refractivity contribution in [3.63, 3.8) is 0 Å². The van der Waals surface area contributed by atoms with Gasteiger partial charge in [0.2, 0.25) is 0 Å². The molecule has 0 saturated heterocycles. The summed E-state index contributed by atoms with van der Waals surface area (Å²) < 4.78 is 8.56. The number of fused-ring (bicyclic) bond motifs is 12. The third-order valence-corrected chi connectivity index (χ3v) is 5.61. The van der Waals surface area contributed by atoms with Gasteiger partial charge in [0, 0.05) is 22.4 Å². The molecule has 0 aliphatic heterocycles. The van der Waals surface area contributed by atoms with Gasteiger partial charge in [-0.3, -0.25) is 9.38 Å². The number of rotatable bonds is 0. The number of para-hydroxylation sites is 3. The SMILES string of the molecule is c1ccc2c(c1)nc1c3cccnc3c3c4oc5ccccc5c4ccc3n21. The summed E-state index contributed by atoms with van der Waals surface area (Å²) in [5, 5.41) is 4.29. The smallest absolute Gasteiger partial charge is 0.147 e. The number of benzene rings is 3. The summed E-state index contributed by atoms with van der Waals surface area (Å²) in [7, 11) is 0. The molecule has 7 rings (SSSR count). The maximum atomic E-state index is 6.34. The first-order chi connectivity index (χ1) is 13.9. The zero-order valence-electron chi connectivity index (χ0n) is 14.8. The first-order valence-electron chi connectivity index (χ1n) is 9.28. The minimum Gasteiger partial charge on any atom is -0.455 e. The van der Waals surface area contributed by atoms with Crippen molar-refractivity contribution in [1.29, 1.82) is 0 Å². The van der Waals surface area contributed by atoms with Crippen molar-refractivity contribution >= 4 is 60.4 Å². The van der Waals surface area contributed by atoms with E-state index in [9.17, 15) is 0 Å².